The van der Waals surface area contributed by atoms with E-state index in [0.717, 1.165) is 37.0 Å². The maximum Gasteiger partial charge on any atom is 0.253 e. The summed E-state index contributed by atoms with van der Waals surface area (Å²) < 4.78 is 2.23. The molecular weight excluding hydrogens is 424 g/mol. The highest BCUT2D eigenvalue weighted by Crippen LogP contribution is 2.41. The average molecular weight is 457 g/mol. The van der Waals surface area contributed by atoms with Crippen LogP contribution in [0, 0.1) is 0 Å². The quantitative estimate of drug-likeness (QED) is 0.578. The van der Waals surface area contributed by atoms with Gasteiger partial charge in [0, 0.05) is 43.5 Å². The number of nitrogens with zero attached hydrogens (tertiary/aromatic N) is 5. The molecule has 1 aromatic carbocycles. The largest absolute Gasteiger partial charge is 0.341 e. The van der Waals surface area contributed by atoms with Gasteiger partial charge in [-0.15, -0.1) is 10.2 Å². The van der Waals surface area contributed by atoms with E-state index in [0.29, 0.717) is 30.4 Å². The molecule has 1 aromatic heterocycles. The van der Waals surface area contributed by atoms with Crippen LogP contribution in [0.15, 0.2) is 29.4 Å². The molecule has 9 heteroatoms. The fourth-order valence-corrected chi connectivity index (χ4v) is 4.85. The smallest absolute Gasteiger partial charge is 0.253 e. The molecule has 172 valence electrons. The van der Waals surface area contributed by atoms with Crippen molar-refractivity contribution in [1.82, 2.24) is 19.7 Å². The van der Waals surface area contributed by atoms with Gasteiger partial charge in [-0.25, -0.2) is 0 Å². The lowest BCUT2D eigenvalue weighted by Crippen LogP contribution is -2.32. The van der Waals surface area contributed by atoms with Crippen molar-refractivity contribution in [2.45, 2.75) is 57.1 Å². The van der Waals surface area contributed by atoms with Crippen molar-refractivity contribution < 1.29 is 9.59 Å². The SMILES string of the molecule is CCN(CC)C(=O)c1ccc(NC(=O)CSc2nnc(N3CCCCC3)n2C2CC2)cc1. The molecule has 1 aliphatic heterocycles. The van der Waals surface area contributed by atoms with E-state index in [-0.39, 0.29) is 17.6 Å². The highest BCUT2D eigenvalue weighted by Gasteiger charge is 2.32. The number of carbonyl (C=O) groups excluding carboxylic acids is 2. The third-order valence-electron chi connectivity index (χ3n) is 6.00. The molecule has 1 N–H and O–H groups in total. The van der Waals surface area contributed by atoms with Crippen molar-refractivity contribution in [3.63, 3.8) is 0 Å². The van der Waals surface area contributed by atoms with Gasteiger partial charge in [0.15, 0.2) is 5.16 Å². The molecule has 1 saturated heterocycles. The Morgan fingerprint density at radius 3 is 2.38 bits per heavy atom. The number of amides is 2. The van der Waals surface area contributed by atoms with Gasteiger partial charge in [-0.2, -0.15) is 0 Å². The van der Waals surface area contributed by atoms with E-state index >= 15 is 0 Å². The molecule has 0 spiro atoms. The van der Waals surface area contributed by atoms with Gasteiger partial charge in [0.2, 0.25) is 11.9 Å². The molecule has 1 saturated carbocycles. The zero-order valence-corrected chi connectivity index (χ0v) is 19.7. The second-order valence-corrected chi connectivity index (χ2v) is 9.27. The summed E-state index contributed by atoms with van der Waals surface area (Å²) in [7, 11) is 0. The van der Waals surface area contributed by atoms with Crippen LogP contribution >= 0.6 is 11.8 Å². The van der Waals surface area contributed by atoms with E-state index in [9.17, 15) is 9.59 Å². The Morgan fingerprint density at radius 1 is 1.06 bits per heavy atom. The number of thioether (sulfide) groups is 1. The summed E-state index contributed by atoms with van der Waals surface area (Å²) in [5.41, 5.74) is 1.31. The number of anilines is 2. The summed E-state index contributed by atoms with van der Waals surface area (Å²) >= 11 is 1.44. The van der Waals surface area contributed by atoms with Crippen LogP contribution in [0.25, 0.3) is 0 Å². The van der Waals surface area contributed by atoms with Crippen LogP contribution in [0.1, 0.15) is 62.4 Å². The minimum absolute atomic E-state index is 0.00681. The molecule has 1 aliphatic carbocycles. The molecule has 2 aliphatic rings. The monoisotopic (exact) mass is 456 g/mol. The number of rotatable bonds is 9. The van der Waals surface area contributed by atoms with Crippen LogP contribution in [0.3, 0.4) is 0 Å². The molecule has 8 nitrogen and oxygen atoms in total. The van der Waals surface area contributed by atoms with Gasteiger partial charge in [0.25, 0.3) is 5.91 Å². The predicted octanol–water partition coefficient (Wildman–Crippen LogP) is 3.82. The number of nitrogens with one attached hydrogen (secondary N) is 1. The van der Waals surface area contributed by atoms with Crippen molar-refractivity contribution in [2.75, 3.05) is 42.1 Å². The van der Waals surface area contributed by atoms with Crippen molar-refractivity contribution >= 4 is 35.2 Å². The summed E-state index contributed by atoms with van der Waals surface area (Å²) in [4.78, 5) is 29.1. The standard InChI is InChI=1S/C23H32N6O2S/c1-3-27(4-2)21(31)17-8-10-18(11-9-17)24-20(30)16-32-23-26-25-22(29(23)19-12-13-19)28-14-6-5-7-15-28/h8-11,19H,3-7,12-16H2,1-2H3,(H,24,30). The van der Waals surface area contributed by atoms with E-state index in [2.05, 4.69) is 25.0 Å². The molecule has 2 fully saturated rings. The lowest BCUT2D eigenvalue weighted by molar-refractivity contribution is -0.113. The molecule has 2 amide bonds. The predicted molar refractivity (Wildman–Crippen MR) is 127 cm³/mol. The molecule has 0 unspecified atom stereocenters. The van der Waals surface area contributed by atoms with Crippen molar-refractivity contribution in [3.05, 3.63) is 29.8 Å². The first-order chi connectivity index (χ1) is 15.6. The van der Waals surface area contributed by atoms with Crippen molar-refractivity contribution in [2.24, 2.45) is 0 Å². The Morgan fingerprint density at radius 2 is 1.75 bits per heavy atom. The van der Waals surface area contributed by atoms with E-state index in [1.54, 1.807) is 29.2 Å². The summed E-state index contributed by atoms with van der Waals surface area (Å²) in [5, 5.41) is 12.6. The number of aromatic nitrogens is 3. The fourth-order valence-electron chi connectivity index (χ4n) is 4.05. The van der Waals surface area contributed by atoms with Gasteiger partial charge in [-0.3, -0.25) is 14.2 Å². The summed E-state index contributed by atoms with van der Waals surface area (Å²) in [6.45, 7) is 7.35. The maximum atomic E-state index is 12.5. The van der Waals surface area contributed by atoms with Gasteiger partial charge < -0.3 is 15.1 Å². The Hall–Kier alpha value is -2.55. The average Bonchev–Trinajstić information content (AvgIpc) is 3.58. The Bertz CT molecular complexity index is 930. The highest BCUT2D eigenvalue weighted by atomic mass is 32.2. The Balaban J connectivity index is 1.34. The zero-order valence-electron chi connectivity index (χ0n) is 18.9. The third-order valence-corrected chi connectivity index (χ3v) is 6.94. The lowest BCUT2D eigenvalue weighted by atomic mass is 10.1. The van der Waals surface area contributed by atoms with Gasteiger partial charge in [-0.05, 0) is 70.2 Å². The van der Waals surface area contributed by atoms with Crippen LogP contribution in [0.4, 0.5) is 11.6 Å². The summed E-state index contributed by atoms with van der Waals surface area (Å²) in [6.07, 6.45) is 5.97. The number of piperidine rings is 1. The second kappa shape index (κ2) is 10.4. The van der Waals surface area contributed by atoms with Gasteiger partial charge in [-0.1, -0.05) is 11.8 Å². The topological polar surface area (TPSA) is 83.4 Å². The van der Waals surface area contributed by atoms with Gasteiger partial charge in [0.05, 0.1) is 5.75 Å². The van der Waals surface area contributed by atoms with Crippen LogP contribution in [0.2, 0.25) is 0 Å². The van der Waals surface area contributed by atoms with Crippen LogP contribution in [-0.4, -0.2) is 63.4 Å². The maximum absolute atomic E-state index is 12.5. The molecule has 0 radical (unpaired) electrons. The van der Waals surface area contributed by atoms with Crippen molar-refractivity contribution in [1.29, 1.82) is 0 Å². The van der Waals surface area contributed by atoms with E-state index in [4.69, 9.17) is 0 Å². The van der Waals surface area contributed by atoms with Gasteiger partial charge in [0.1, 0.15) is 0 Å². The third kappa shape index (κ3) is 5.26. The molecule has 2 aromatic rings. The second-order valence-electron chi connectivity index (χ2n) is 8.32. The van der Waals surface area contributed by atoms with Crippen molar-refractivity contribution in [3.8, 4) is 0 Å². The van der Waals surface area contributed by atoms with Crippen LogP contribution in [-0.2, 0) is 4.79 Å². The molecule has 2 heterocycles. The lowest BCUT2D eigenvalue weighted by Gasteiger charge is -2.27. The highest BCUT2D eigenvalue weighted by molar-refractivity contribution is 7.99. The van der Waals surface area contributed by atoms with Gasteiger partial charge >= 0.3 is 0 Å². The summed E-state index contributed by atoms with van der Waals surface area (Å²) in [6, 6.07) is 7.54. The van der Waals surface area contributed by atoms with Crippen LogP contribution < -0.4 is 10.2 Å². The first-order valence-corrected chi connectivity index (χ1v) is 12.6. The number of hydrogen-bond acceptors (Lipinski definition) is 6. The molecule has 0 atom stereocenters. The Kier molecular flexibility index (Phi) is 7.34. The Labute approximate surface area is 193 Å². The first-order valence-electron chi connectivity index (χ1n) is 11.6. The van der Waals surface area contributed by atoms with E-state index in [1.807, 2.05) is 13.8 Å². The zero-order chi connectivity index (χ0) is 22.5. The molecule has 32 heavy (non-hydrogen) atoms. The molecule has 0 bridgehead atoms. The molecule has 4 rings (SSSR count). The number of carbonyl (C=O) groups is 2. The normalized spacial score (nSPS) is 16.1. The number of hydrogen-bond donors (Lipinski definition) is 1. The summed E-state index contributed by atoms with van der Waals surface area (Å²) in [5.74, 6) is 1.14. The van der Waals surface area contributed by atoms with E-state index < -0.39 is 0 Å². The first kappa shape index (κ1) is 22.6. The number of benzene rings is 1. The molecular formula is C23H32N6O2S. The fraction of sp³-hybridized carbons (Fsp3) is 0.565. The minimum atomic E-state index is -0.0947. The van der Waals surface area contributed by atoms with Crippen LogP contribution in [0.5, 0.6) is 0 Å². The van der Waals surface area contributed by atoms with E-state index in [1.165, 1.54) is 31.0 Å². The minimum Gasteiger partial charge on any atom is -0.341 e.